The van der Waals surface area contributed by atoms with Crippen LogP contribution in [0.15, 0.2) is 18.2 Å². The average molecular weight is 284 g/mol. The molecule has 0 atom stereocenters. The van der Waals surface area contributed by atoms with Crippen molar-refractivity contribution in [3.8, 4) is 0 Å². The van der Waals surface area contributed by atoms with Gasteiger partial charge in [0.1, 0.15) is 0 Å². The molecule has 2 rings (SSSR count). The van der Waals surface area contributed by atoms with E-state index in [1.54, 1.807) is 7.11 Å². The van der Waals surface area contributed by atoms with E-state index < -0.39 is 10.0 Å². The first-order valence-electron chi connectivity index (χ1n) is 6.43. The third-order valence-corrected chi connectivity index (χ3v) is 4.50. The molecule has 106 valence electrons. The maximum Gasteiger partial charge on any atom is 0.232 e. The van der Waals surface area contributed by atoms with Gasteiger partial charge in [-0.1, -0.05) is 6.07 Å². The molecule has 1 heterocycles. The summed E-state index contributed by atoms with van der Waals surface area (Å²) in [5.41, 5.74) is 3.10. The number of hydrogen-bond acceptors (Lipinski definition) is 4. The largest absolute Gasteiger partial charge is 0.385 e. The Morgan fingerprint density at radius 2 is 2.21 bits per heavy atom. The molecule has 0 unspecified atom stereocenters. The monoisotopic (exact) mass is 284 g/mol. The molecule has 1 aromatic rings. The minimum Gasteiger partial charge on any atom is -0.385 e. The SMILES string of the molecule is COCCCS(=O)(=O)Nc1ccc2c(c1)CNCC2. The van der Waals surface area contributed by atoms with Gasteiger partial charge in [0.2, 0.25) is 10.0 Å². The topological polar surface area (TPSA) is 67.4 Å². The van der Waals surface area contributed by atoms with Crippen LogP contribution in [0.25, 0.3) is 0 Å². The summed E-state index contributed by atoms with van der Waals surface area (Å²) in [5.74, 6) is 0.0795. The normalized spacial score (nSPS) is 15.0. The van der Waals surface area contributed by atoms with E-state index in [9.17, 15) is 8.42 Å². The standard InChI is InChI=1S/C13H20N2O3S/c1-18-7-2-8-19(16,17)15-13-4-3-11-5-6-14-10-12(11)9-13/h3-4,9,14-15H,2,5-8,10H2,1H3. The molecule has 19 heavy (non-hydrogen) atoms. The van der Waals surface area contributed by atoms with E-state index in [4.69, 9.17) is 4.74 Å². The molecule has 1 aromatic carbocycles. The first-order chi connectivity index (χ1) is 9.11. The molecular weight excluding hydrogens is 264 g/mol. The second-order valence-corrected chi connectivity index (χ2v) is 6.52. The summed E-state index contributed by atoms with van der Waals surface area (Å²) in [6.07, 6.45) is 1.49. The number of rotatable bonds is 6. The van der Waals surface area contributed by atoms with Crippen molar-refractivity contribution in [3.63, 3.8) is 0 Å². The van der Waals surface area contributed by atoms with E-state index in [0.29, 0.717) is 18.7 Å². The summed E-state index contributed by atoms with van der Waals surface area (Å²) in [4.78, 5) is 0. The van der Waals surface area contributed by atoms with Crippen LogP contribution >= 0.6 is 0 Å². The van der Waals surface area contributed by atoms with Crippen LogP contribution in [0.1, 0.15) is 17.5 Å². The summed E-state index contributed by atoms with van der Waals surface area (Å²) in [6.45, 7) is 2.23. The van der Waals surface area contributed by atoms with Crippen molar-refractivity contribution in [2.45, 2.75) is 19.4 Å². The number of sulfonamides is 1. The molecule has 2 N–H and O–H groups in total. The molecule has 5 nitrogen and oxygen atoms in total. The Kier molecular flexibility index (Phi) is 4.79. The van der Waals surface area contributed by atoms with Crippen LogP contribution in [0.5, 0.6) is 0 Å². The van der Waals surface area contributed by atoms with Crippen LogP contribution < -0.4 is 10.0 Å². The van der Waals surface area contributed by atoms with Crippen LogP contribution in [-0.2, 0) is 27.7 Å². The summed E-state index contributed by atoms with van der Waals surface area (Å²) in [5, 5.41) is 3.28. The van der Waals surface area contributed by atoms with Gasteiger partial charge in [-0.2, -0.15) is 0 Å². The minimum absolute atomic E-state index is 0.0795. The lowest BCUT2D eigenvalue weighted by Gasteiger charge is -2.18. The van der Waals surface area contributed by atoms with Crippen LogP contribution in [0.2, 0.25) is 0 Å². The average Bonchev–Trinajstić information content (AvgIpc) is 2.38. The zero-order chi connectivity index (χ0) is 13.7. The van der Waals surface area contributed by atoms with E-state index in [1.807, 2.05) is 18.2 Å². The third kappa shape index (κ3) is 4.19. The Bertz CT molecular complexity index is 529. The van der Waals surface area contributed by atoms with Gasteiger partial charge in [-0.25, -0.2) is 8.42 Å². The molecule has 0 radical (unpaired) electrons. The highest BCUT2D eigenvalue weighted by Crippen LogP contribution is 2.19. The van der Waals surface area contributed by atoms with Crippen molar-refractivity contribution in [3.05, 3.63) is 29.3 Å². The summed E-state index contributed by atoms with van der Waals surface area (Å²) in [7, 11) is -1.72. The summed E-state index contributed by atoms with van der Waals surface area (Å²) in [6, 6.07) is 5.75. The van der Waals surface area contributed by atoms with Gasteiger partial charge in [-0.3, -0.25) is 4.72 Å². The lowest BCUT2D eigenvalue weighted by Crippen LogP contribution is -2.24. The van der Waals surface area contributed by atoms with Crippen LogP contribution in [0.4, 0.5) is 5.69 Å². The Morgan fingerprint density at radius 3 is 3.00 bits per heavy atom. The second kappa shape index (κ2) is 6.36. The van der Waals surface area contributed by atoms with E-state index in [-0.39, 0.29) is 5.75 Å². The molecule has 1 aliphatic heterocycles. The highest BCUT2D eigenvalue weighted by molar-refractivity contribution is 7.92. The minimum atomic E-state index is -3.28. The first-order valence-corrected chi connectivity index (χ1v) is 8.08. The molecule has 0 saturated heterocycles. The third-order valence-electron chi connectivity index (χ3n) is 3.13. The predicted octanol–water partition coefficient (Wildman–Crippen LogP) is 1.11. The van der Waals surface area contributed by atoms with Crippen molar-refractivity contribution in [2.75, 3.05) is 30.7 Å². The van der Waals surface area contributed by atoms with Gasteiger partial charge in [0, 0.05) is 25.9 Å². The molecule has 0 aliphatic carbocycles. The van der Waals surface area contributed by atoms with Crippen molar-refractivity contribution in [1.82, 2.24) is 5.32 Å². The van der Waals surface area contributed by atoms with Crippen molar-refractivity contribution in [2.24, 2.45) is 0 Å². The quantitative estimate of drug-likeness (QED) is 0.768. The Hall–Kier alpha value is -1.11. The fraction of sp³-hybridized carbons (Fsp3) is 0.538. The van der Waals surface area contributed by atoms with Crippen LogP contribution in [-0.4, -0.2) is 34.4 Å². The lowest BCUT2D eigenvalue weighted by molar-refractivity contribution is 0.199. The van der Waals surface area contributed by atoms with Gasteiger partial charge in [0.15, 0.2) is 0 Å². The maximum atomic E-state index is 11.9. The Balaban J connectivity index is 2.02. The number of ether oxygens (including phenoxy) is 1. The fourth-order valence-corrected chi connectivity index (χ4v) is 3.25. The summed E-state index contributed by atoms with van der Waals surface area (Å²) < 4.78 is 31.2. The number of anilines is 1. The molecule has 0 aromatic heterocycles. The second-order valence-electron chi connectivity index (χ2n) is 4.68. The van der Waals surface area contributed by atoms with Gasteiger partial charge >= 0.3 is 0 Å². The van der Waals surface area contributed by atoms with Gasteiger partial charge in [0.05, 0.1) is 5.75 Å². The Labute approximate surface area is 114 Å². The molecule has 0 spiro atoms. The number of hydrogen-bond donors (Lipinski definition) is 2. The van der Waals surface area contributed by atoms with E-state index in [1.165, 1.54) is 11.1 Å². The summed E-state index contributed by atoms with van der Waals surface area (Å²) >= 11 is 0. The number of benzene rings is 1. The predicted molar refractivity (Wildman–Crippen MR) is 75.8 cm³/mol. The van der Waals surface area contributed by atoms with E-state index in [0.717, 1.165) is 19.5 Å². The van der Waals surface area contributed by atoms with Gasteiger partial charge in [-0.05, 0) is 42.6 Å². The number of nitrogens with one attached hydrogen (secondary N) is 2. The van der Waals surface area contributed by atoms with Crippen molar-refractivity contribution >= 4 is 15.7 Å². The van der Waals surface area contributed by atoms with Crippen LogP contribution in [0, 0.1) is 0 Å². The molecule has 6 heteroatoms. The maximum absolute atomic E-state index is 11.9. The molecule has 0 saturated carbocycles. The molecular formula is C13H20N2O3S. The van der Waals surface area contributed by atoms with Gasteiger partial charge in [-0.15, -0.1) is 0 Å². The first kappa shape index (κ1) is 14.3. The lowest BCUT2D eigenvalue weighted by atomic mass is 10.0. The number of methoxy groups -OCH3 is 1. The molecule has 0 amide bonds. The molecule has 0 bridgehead atoms. The highest BCUT2D eigenvalue weighted by atomic mass is 32.2. The van der Waals surface area contributed by atoms with Crippen LogP contribution in [0.3, 0.4) is 0 Å². The smallest absolute Gasteiger partial charge is 0.232 e. The highest BCUT2D eigenvalue weighted by Gasteiger charge is 2.13. The van der Waals surface area contributed by atoms with E-state index >= 15 is 0 Å². The van der Waals surface area contributed by atoms with Crippen molar-refractivity contribution < 1.29 is 13.2 Å². The van der Waals surface area contributed by atoms with Crippen molar-refractivity contribution in [1.29, 1.82) is 0 Å². The van der Waals surface area contributed by atoms with E-state index in [2.05, 4.69) is 10.0 Å². The van der Waals surface area contributed by atoms with Gasteiger partial charge < -0.3 is 10.1 Å². The molecule has 0 fully saturated rings. The zero-order valence-electron chi connectivity index (χ0n) is 11.1. The van der Waals surface area contributed by atoms with Gasteiger partial charge in [0.25, 0.3) is 0 Å². The fourth-order valence-electron chi connectivity index (χ4n) is 2.17. The number of fused-ring (bicyclic) bond motifs is 1. The Morgan fingerprint density at radius 1 is 1.37 bits per heavy atom. The zero-order valence-corrected chi connectivity index (χ0v) is 11.9. The molecule has 1 aliphatic rings.